The van der Waals surface area contributed by atoms with Gasteiger partial charge in [0.05, 0.1) is 4.90 Å². The summed E-state index contributed by atoms with van der Waals surface area (Å²) in [6.45, 7) is 9.06. The van der Waals surface area contributed by atoms with Gasteiger partial charge in [-0.05, 0) is 44.2 Å². The van der Waals surface area contributed by atoms with Crippen LogP contribution in [-0.2, 0) is 14.6 Å². The molecule has 0 aliphatic carbocycles. The maximum Gasteiger partial charge on any atom is 0.241 e. The summed E-state index contributed by atoms with van der Waals surface area (Å²) in [5.74, 6) is 0.359. The van der Waals surface area contributed by atoms with E-state index in [1.807, 2.05) is 27.7 Å². The van der Waals surface area contributed by atoms with E-state index in [9.17, 15) is 13.0 Å². The quantitative estimate of drug-likeness (QED) is 0.629. The van der Waals surface area contributed by atoms with Gasteiger partial charge in [0.15, 0.2) is 0 Å². The van der Waals surface area contributed by atoms with Crippen molar-refractivity contribution >= 4 is 29.7 Å². The first-order chi connectivity index (χ1) is 12.4. The Bertz CT molecular complexity index is 937. The van der Waals surface area contributed by atoms with Crippen LogP contribution in [0.1, 0.15) is 44.9 Å². The minimum absolute atomic E-state index is 0.174. The Kier molecular flexibility index (Phi) is 6.80. The van der Waals surface area contributed by atoms with Gasteiger partial charge in [-0.1, -0.05) is 50.1 Å². The zero-order valence-corrected chi connectivity index (χ0v) is 18.6. The third-order valence-electron chi connectivity index (χ3n) is 3.92. The molecule has 0 unspecified atom stereocenters. The van der Waals surface area contributed by atoms with Crippen molar-refractivity contribution in [1.29, 1.82) is 0 Å². The second kappa shape index (κ2) is 8.36. The summed E-state index contributed by atoms with van der Waals surface area (Å²) >= 11 is 6.09. The number of benzene rings is 2. The first-order valence-corrected chi connectivity index (χ1v) is 11.7. The molecule has 0 spiro atoms. The van der Waals surface area contributed by atoms with Crippen molar-refractivity contribution in [3.05, 3.63) is 58.6 Å². The fourth-order valence-electron chi connectivity index (χ4n) is 2.29. The highest BCUT2D eigenvalue weighted by molar-refractivity contribution is 7.89. The average molecular weight is 430 g/mol. The van der Waals surface area contributed by atoms with E-state index in [0.717, 1.165) is 5.56 Å². The Labute approximate surface area is 167 Å². The van der Waals surface area contributed by atoms with Crippen LogP contribution in [0.3, 0.4) is 0 Å². The molecule has 8 heteroatoms. The predicted molar refractivity (Wildman–Crippen MR) is 111 cm³/mol. The molecule has 2 aromatic rings. The number of hydrogen-bond donors (Lipinski definition) is 1. The molecule has 0 aromatic heterocycles. The van der Waals surface area contributed by atoms with Crippen molar-refractivity contribution < 1.29 is 17.5 Å². The zero-order valence-electron chi connectivity index (χ0n) is 16.0. The number of rotatable bonds is 6. The molecule has 0 aliphatic heterocycles. The first kappa shape index (κ1) is 22.0. The Morgan fingerprint density at radius 1 is 1.11 bits per heavy atom. The number of aryl methyl sites for hydroxylation is 1. The van der Waals surface area contributed by atoms with Gasteiger partial charge in [0.2, 0.25) is 18.1 Å². The minimum atomic E-state index is -3.73. The lowest BCUT2D eigenvalue weighted by molar-refractivity contribution is 0.470. The Hall–Kier alpha value is -1.33. The van der Waals surface area contributed by atoms with E-state index in [2.05, 4.69) is 4.72 Å². The summed E-state index contributed by atoms with van der Waals surface area (Å²) in [6, 6.07) is 10.8. The summed E-state index contributed by atoms with van der Waals surface area (Å²) in [5.41, 5.74) is 1.50. The van der Waals surface area contributed by atoms with E-state index in [1.165, 1.54) is 0 Å². The van der Waals surface area contributed by atoms with Crippen LogP contribution < -0.4 is 9.25 Å². The van der Waals surface area contributed by atoms with Crippen molar-refractivity contribution in [2.24, 2.45) is 0 Å². The molecule has 0 bridgehead atoms. The standard InChI is InChI=1S/C19H25ClNO4PS/c1-13-6-9-16(10-7-13)27(23,24)21-14(2)17-12-15(20)8-11-18(17)25-26(22)19(3,4)5/h6-12,14,21,26H,1-5H3/t14-/m1/s1. The van der Waals surface area contributed by atoms with E-state index in [1.54, 1.807) is 49.4 Å². The topological polar surface area (TPSA) is 72.5 Å². The molecule has 0 heterocycles. The molecule has 0 radical (unpaired) electrons. The van der Waals surface area contributed by atoms with Gasteiger partial charge in [0.1, 0.15) is 5.75 Å². The lowest BCUT2D eigenvalue weighted by Crippen LogP contribution is -2.27. The number of hydrogen-bond acceptors (Lipinski definition) is 4. The Balaban J connectivity index is 2.32. The molecule has 2 rings (SSSR count). The Morgan fingerprint density at radius 2 is 1.70 bits per heavy atom. The van der Waals surface area contributed by atoms with Gasteiger partial charge in [-0.3, -0.25) is 4.57 Å². The zero-order chi connectivity index (χ0) is 20.4. The van der Waals surface area contributed by atoms with Gasteiger partial charge >= 0.3 is 0 Å². The summed E-state index contributed by atoms with van der Waals surface area (Å²) in [5, 5.41) is -0.0687. The normalized spacial score (nSPS) is 14.6. The third kappa shape index (κ3) is 5.82. The van der Waals surface area contributed by atoms with Crippen molar-refractivity contribution in [3.8, 4) is 5.75 Å². The second-order valence-corrected chi connectivity index (χ2v) is 11.9. The number of nitrogens with one attached hydrogen (secondary N) is 1. The van der Waals surface area contributed by atoms with Crippen LogP contribution in [-0.4, -0.2) is 13.6 Å². The van der Waals surface area contributed by atoms with Gasteiger partial charge < -0.3 is 4.52 Å². The molecule has 148 valence electrons. The molecular formula is C19H25ClNO4PS. The fraction of sp³-hybridized carbons (Fsp3) is 0.368. The first-order valence-electron chi connectivity index (χ1n) is 8.51. The summed E-state index contributed by atoms with van der Waals surface area (Å²) in [7, 11) is -6.12. The van der Waals surface area contributed by atoms with Crippen molar-refractivity contribution in [3.63, 3.8) is 0 Å². The van der Waals surface area contributed by atoms with E-state index in [0.29, 0.717) is 16.3 Å². The number of halogens is 1. The van der Waals surface area contributed by atoms with Crippen LogP contribution in [0.25, 0.3) is 0 Å². The van der Waals surface area contributed by atoms with E-state index in [4.69, 9.17) is 16.1 Å². The van der Waals surface area contributed by atoms with Crippen molar-refractivity contribution in [2.45, 2.75) is 50.7 Å². The van der Waals surface area contributed by atoms with Gasteiger partial charge in [-0.2, -0.15) is 0 Å². The second-order valence-electron chi connectivity index (χ2n) is 7.48. The van der Waals surface area contributed by atoms with Crippen molar-refractivity contribution in [2.75, 3.05) is 0 Å². The van der Waals surface area contributed by atoms with Gasteiger partial charge in [0, 0.05) is 21.8 Å². The molecule has 0 saturated carbocycles. The van der Waals surface area contributed by atoms with Crippen LogP contribution in [0.4, 0.5) is 0 Å². The van der Waals surface area contributed by atoms with Crippen LogP contribution in [0.2, 0.25) is 5.02 Å². The Morgan fingerprint density at radius 3 is 2.26 bits per heavy atom. The van der Waals surface area contributed by atoms with E-state index < -0.39 is 29.2 Å². The highest BCUT2D eigenvalue weighted by Crippen LogP contribution is 2.42. The monoisotopic (exact) mass is 429 g/mol. The molecule has 0 saturated heterocycles. The van der Waals surface area contributed by atoms with Crippen molar-refractivity contribution in [1.82, 2.24) is 4.72 Å². The van der Waals surface area contributed by atoms with Gasteiger partial charge in [-0.25, -0.2) is 13.1 Å². The van der Waals surface area contributed by atoms with Crippen LogP contribution >= 0.6 is 19.6 Å². The molecule has 1 N–H and O–H groups in total. The third-order valence-corrected chi connectivity index (χ3v) is 7.34. The average Bonchev–Trinajstić information content (AvgIpc) is 2.55. The molecule has 0 amide bonds. The van der Waals surface area contributed by atoms with Crippen LogP contribution in [0.15, 0.2) is 47.4 Å². The summed E-state index contributed by atoms with van der Waals surface area (Å²) in [4.78, 5) is 0.174. The highest BCUT2D eigenvalue weighted by Gasteiger charge is 2.25. The summed E-state index contributed by atoms with van der Waals surface area (Å²) in [6.07, 6.45) is 0. The molecular weight excluding hydrogens is 405 g/mol. The molecule has 5 nitrogen and oxygen atoms in total. The largest absolute Gasteiger partial charge is 0.444 e. The highest BCUT2D eigenvalue weighted by atomic mass is 35.5. The maximum absolute atomic E-state index is 12.7. The molecule has 27 heavy (non-hydrogen) atoms. The minimum Gasteiger partial charge on any atom is -0.444 e. The molecule has 2 atom stereocenters. The smallest absolute Gasteiger partial charge is 0.241 e. The molecule has 0 aliphatic rings. The lowest BCUT2D eigenvalue weighted by atomic mass is 10.1. The number of sulfonamides is 1. The summed E-state index contributed by atoms with van der Waals surface area (Å²) < 4.78 is 46.1. The SMILES string of the molecule is Cc1ccc(S(=O)(=O)N[C@H](C)c2cc(Cl)ccc2O[P@H](=O)C(C)(C)C)cc1. The molecule has 0 fully saturated rings. The van der Waals surface area contributed by atoms with Crippen LogP contribution in [0, 0.1) is 6.92 Å². The van der Waals surface area contributed by atoms with E-state index >= 15 is 0 Å². The van der Waals surface area contributed by atoms with Gasteiger partial charge in [-0.15, -0.1) is 0 Å². The van der Waals surface area contributed by atoms with Gasteiger partial charge in [0.25, 0.3) is 0 Å². The maximum atomic E-state index is 12.7. The fourth-order valence-corrected chi connectivity index (χ4v) is 4.38. The molecule has 2 aromatic carbocycles. The predicted octanol–water partition coefficient (Wildman–Crippen LogP) is 5.34. The lowest BCUT2D eigenvalue weighted by Gasteiger charge is -2.22. The van der Waals surface area contributed by atoms with E-state index in [-0.39, 0.29) is 4.90 Å². The van der Waals surface area contributed by atoms with Crippen LogP contribution in [0.5, 0.6) is 5.75 Å².